The smallest absolute Gasteiger partial charge is 0.268 e. The van der Waals surface area contributed by atoms with Crippen molar-refractivity contribution in [3.8, 4) is 17.1 Å². The van der Waals surface area contributed by atoms with E-state index in [1.54, 1.807) is 24.0 Å². The normalized spacial score (nSPS) is 16.3. The summed E-state index contributed by atoms with van der Waals surface area (Å²) in [5.74, 6) is 0.406. The van der Waals surface area contributed by atoms with Crippen molar-refractivity contribution in [2.45, 2.75) is 19.6 Å². The molecule has 0 fully saturated rings. The second-order valence-electron chi connectivity index (χ2n) is 5.79. The summed E-state index contributed by atoms with van der Waals surface area (Å²) in [7, 11) is 0. The molecule has 132 valence electrons. The van der Waals surface area contributed by atoms with E-state index in [-0.39, 0.29) is 29.2 Å². The van der Waals surface area contributed by atoms with Crippen molar-refractivity contribution >= 4 is 23.2 Å². The standard InChI is InChI=1S/C18H13ClFN3O3/c1-10-18(24)23(14-4-2-3-5-15(14)25-10)9-16-21-17(22-26-16)11-6-7-13(20)12(19)8-11/h2-8,10H,9H2,1H3/t10-/m0/s1. The Hall–Kier alpha value is -2.93. The first-order valence-electron chi connectivity index (χ1n) is 7.88. The van der Waals surface area contributed by atoms with Gasteiger partial charge in [-0.15, -0.1) is 0 Å². The first-order chi connectivity index (χ1) is 12.5. The molecule has 0 N–H and O–H groups in total. The molecule has 0 saturated carbocycles. The lowest BCUT2D eigenvalue weighted by Crippen LogP contribution is -2.44. The van der Waals surface area contributed by atoms with Gasteiger partial charge in [-0.2, -0.15) is 4.98 Å². The van der Waals surface area contributed by atoms with Crippen LogP contribution in [-0.4, -0.2) is 22.2 Å². The van der Waals surface area contributed by atoms with Crippen LogP contribution in [0.15, 0.2) is 47.0 Å². The summed E-state index contributed by atoms with van der Waals surface area (Å²) in [5.41, 5.74) is 1.16. The Morgan fingerprint density at radius 1 is 1.27 bits per heavy atom. The molecule has 2 heterocycles. The van der Waals surface area contributed by atoms with Crippen LogP contribution in [0.4, 0.5) is 10.1 Å². The molecule has 3 aromatic rings. The van der Waals surface area contributed by atoms with Crippen LogP contribution in [0.1, 0.15) is 12.8 Å². The zero-order valence-electron chi connectivity index (χ0n) is 13.6. The van der Waals surface area contributed by atoms with Crippen LogP contribution in [-0.2, 0) is 11.3 Å². The minimum Gasteiger partial charge on any atom is -0.479 e. The number of amides is 1. The number of nitrogens with zero attached hydrogens (tertiary/aromatic N) is 3. The van der Waals surface area contributed by atoms with Gasteiger partial charge in [0.2, 0.25) is 11.7 Å². The van der Waals surface area contributed by atoms with Gasteiger partial charge in [-0.05, 0) is 37.3 Å². The van der Waals surface area contributed by atoms with Gasteiger partial charge in [0, 0.05) is 5.56 Å². The van der Waals surface area contributed by atoms with Crippen molar-refractivity contribution in [2.75, 3.05) is 4.90 Å². The highest BCUT2D eigenvalue weighted by Gasteiger charge is 2.32. The molecule has 0 bridgehead atoms. The lowest BCUT2D eigenvalue weighted by Gasteiger charge is -2.31. The topological polar surface area (TPSA) is 68.5 Å². The van der Waals surface area contributed by atoms with Crippen molar-refractivity contribution in [2.24, 2.45) is 0 Å². The molecule has 1 aromatic heterocycles. The summed E-state index contributed by atoms with van der Waals surface area (Å²) in [6.45, 7) is 1.79. The van der Waals surface area contributed by atoms with E-state index >= 15 is 0 Å². The molecule has 1 aliphatic heterocycles. The molecule has 0 unspecified atom stereocenters. The highest BCUT2D eigenvalue weighted by Crippen LogP contribution is 2.34. The molecule has 1 aliphatic rings. The second kappa shape index (κ2) is 6.42. The maximum absolute atomic E-state index is 13.3. The largest absolute Gasteiger partial charge is 0.479 e. The molecular weight excluding hydrogens is 361 g/mol. The summed E-state index contributed by atoms with van der Waals surface area (Å²) < 4.78 is 24.2. The van der Waals surface area contributed by atoms with Crippen LogP contribution in [0, 0.1) is 5.82 Å². The number of anilines is 1. The van der Waals surface area contributed by atoms with E-state index in [1.807, 2.05) is 12.1 Å². The number of ether oxygens (including phenoxy) is 1. The molecule has 0 saturated heterocycles. The van der Waals surface area contributed by atoms with Crippen LogP contribution < -0.4 is 9.64 Å². The van der Waals surface area contributed by atoms with Gasteiger partial charge in [0.05, 0.1) is 10.7 Å². The van der Waals surface area contributed by atoms with Gasteiger partial charge in [0.1, 0.15) is 18.1 Å². The van der Waals surface area contributed by atoms with E-state index < -0.39 is 11.9 Å². The highest BCUT2D eigenvalue weighted by atomic mass is 35.5. The third-order valence-electron chi connectivity index (χ3n) is 4.01. The zero-order valence-corrected chi connectivity index (χ0v) is 14.4. The average Bonchev–Trinajstić information content (AvgIpc) is 3.10. The molecule has 8 heteroatoms. The first-order valence-corrected chi connectivity index (χ1v) is 8.26. The third kappa shape index (κ3) is 2.90. The zero-order chi connectivity index (χ0) is 18.3. The maximum atomic E-state index is 13.3. The minimum absolute atomic E-state index is 0.0278. The molecule has 0 spiro atoms. The van der Waals surface area contributed by atoms with E-state index in [0.29, 0.717) is 17.0 Å². The molecular formula is C18H13ClFN3O3. The van der Waals surface area contributed by atoms with Crippen LogP contribution in [0.3, 0.4) is 0 Å². The maximum Gasteiger partial charge on any atom is 0.268 e. The quantitative estimate of drug-likeness (QED) is 0.697. The van der Waals surface area contributed by atoms with Gasteiger partial charge in [0.25, 0.3) is 5.91 Å². The van der Waals surface area contributed by atoms with E-state index in [4.69, 9.17) is 20.9 Å². The van der Waals surface area contributed by atoms with Crippen LogP contribution in [0.25, 0.3) is 11.4 Å². The molecule has 4 rings (SSSR count). The van der Waals surface area contributed by atoms with Crippen LogP contribution in [0.2, 0.25) is 5.02 Å². The predicted octanol–water partition coefficient (Wildman–Crippen LogP) is 3.84. The van der Waals surface area contributed by atoms with Gasteiger partial charge in [-0.1, -0.05) is 28.9 Å². The summed E-state index contributed by atoms with van der Waals surface area (Å²) in [5, 5.41) is 3.86. The Morgan fingerprint density at radius 2 is 2.08 bits per heavy atom. The number of halogens is 2. The van der Waals surface area contributed by atoms with Gasteiger partial charge >= 0.3 is 0 Å². The second-order valence-corrected chi connectivity index (χ2v) is 6.20. The van der Waals surface area contributed by atoms with Gasteiger partial charge in [0.15, 0.2) is 6.10 Å². The first kappa shape index (κ1) is 16.5. The van der Waals surface area contributed by atoms with Crippen LogP contribution in [0.5, 0.6) is 5.75 Å². The molecule has 0 radical (unpaired) electrons. The number of aromatic nitrogens is 2. The molecule has 1 atom stereocenters. The van der Waals surface area contributed by atoms with Crippen molar-refractivity contribution in [1.82, 2.24) is 10.1 Å². The molecule has 0 aliphatic carbocycles. The molecule has 1 amide bonds. The Bertz CT molecular complexity index is 991. The minimum atomic E-state index is -0.608. The van der Waals surface area contributed by atoms with Crippen LogP contribution >= 0.6 is 11.6 Å². The van der Waals surface area contributed by atoms with Crippen molar-refractivity contribution < 1.29 is 18.4 Å². The van der Waals surface area contributed by atoms with Gasteiger partial charge in [-0.3, -0.25) is 9.69 Å². The predicted molar refractivity (Wildman–Crippen MR) is 92.4 cm³/mol. The summed E-state index contributed by atoms with van der Waals surface area (Å²) in [6, 6.07) is 11.4. The van der Waals surface area contributed by atoms with Crippen molar-refractivity contribution in [3.05, 3.63) is 59.2 Å². The van der Waals surface area contributed by atoms with E-state index in [2.05, 4.69) is 10.1 Å². The number of carbonyl (C=O) groups is 1. The fourth-order valence-electron chi connectivity index (χ4n) is 2.73. The van der Waals surface area contributed by atoms with Gasteiger partial charge < -0.3 is 9.26 Å². The van der Waals surface area contributed by atoms with E-state index in [1.165, 1.54) is 18.2 Å². The average molecular weight is 374 g/mol. The number of para-hydroxylation sites is 2. The molecule has 2 aromatic carbocycles. The highest BCUT2D eigenvalue weighted by molar-refractivity contribution is 6.31. The Morgan fingerprint density at radius 3 is 2.88 bits per heavy atom. The number of fused-ring (bicyclic) bond motifs is 1. The van der Waals surface area contributed by atoms with Crippen molar-refractivity contribution in [1.29, 1.82) is 0 Å². The SMILES string of the molecule is C[C@@H]1Oc2ccccc2N(Cc2nc(-c3ccc(F)c(Cl)c3)no2)C1=O. The summed E-state index contributed by atoms with van der Waals surface area (Å²) in [4.78, 5) is 18.3. The van der Waals surface area contributed by atoms with Crippen molar-refractivity contribution in [3.63, 3.8) is 0 Å². The third-order valence-corrected chi connectivity index (χ3v) is 4.30. The summed E-state index contributed by atoms with van der Waals surface area (Å²) >= 11 is 5.79. The fourth-order valence-corrected chi connectivity index (χ4v) is 2.91. The number of hydrogen-bond donors (Lipinski definition) is 0. The molecule has 6 nitrogen and oxygen atoms in total. The lowest BCUT2D eigenvalue weighted by molar-refractivity contribution is -0.125. The summed E-state index contributed by atoms with van der Waals surface area (Å²) in [6.07, 6.45) is -0.608. The number of hydrogen-bond acceptors (Lipinski definition) is 5. The number of carbonyl (C=O) groups excluding carboxylic acids is 1. The Balaban J connectivity index is 1.63. The fraction of sp³-hybridized carbons (Fsp3) is 0.167. The number of benzene rings is 2. The lowest BCUT2D eigenvalue weighted by atomic mass is 10.2. The number of rotatable bonds is 3. The van der Waals surface area contributed by atoms with Gasteiger partial charge in [-0.25, -0.2) is 4.39 Å². The van der Waals surface area contributed by atoms with E-state index in [0.717, 1.165) is 0 Å². The monoisotopic (exact) mass is 373 g/mol. The Kier molecular flexibility index (Phi) is 4.08. The Labute approximate surface area is 153 Å². The van der Waals surface area contributed by atoms with E-state index in [9.17, 15) is 9.18 Å². The molecule has 26 heavy (non-hydrogen) atoms.